The molecule has 0 heterocycles. The van der Waals surface area contributed by atoms with Gasteiger partial charge in [0.05, 0.1) is 5.02 Å². The fourth-order valence-corrected chi connectivity index (χ4v) is 2.25. The zero-order valence-corrected chi connectivity index (χ0v) is 12.0. The molecule has 3 N–H and O–H groups in total. The van der Waals surface area contributed by atoms with E-state index in [1.54, 1.807) is 6.07 Å². The predicted octanol–water partition coefficient (Wildman–Crippen LogP) is 2.53. The van der Waals surface area contributed by atoms with Crippen molar-refractivity contribution in [2.75, 3.05) is 0 Å². The minimum absolute atomic E-state index is 0.0139. The second kappa shape index (κ2) is 6.76. The summed E-state index contributed by atoms with van der Waals surface area (Å²) in [5, 5.41) is 13.5. The first-order valence-electron chi connectivity index (χ1n) is 6.67. The standard InChI is InChI=1S/C14H16ClFN2O3/c15-10-3-1-2-9(12(10)16)7-17-13(19)11(18-14(20)21)6-8-4-5-8/h1-3,8,11,18H,4-7H2,(H,17,19)(H,20,21). The van der Waals surface area contributed by atoms with Crippen LogP contribution in [-0.2, 0) is 11.3 Å². The molecule has 0 spiro atoms. The summed E-state index contributed by atoms with van der Waals surface area (Å²) in [5.41, 5.74) is 0.261. The maximum atomic E-state index is 13.7. The van der Waals surface area contributed by atoms with Crippen LogP contribution in [0.2, 0.25) is 5.02 Å². The number of halogens is 2. The van der Waals surface area contributed by atoms with Gasteiger partial charge in [-0.2, -0.15) is 0 Å². The van der Waals surface area contributed by atoms with E-state index >= 15 is 0 Å². The van der Waals surface area contributed by atoms with Gasteiger partial charge in [0.15, 0.2) is 0 Å². The Balaban J connectivity index is 1.94. The summed E-state index contributed by atoms with van der Waals surface area (Å²) in [5.74, 6) is -0.649. The smallest absolute Gasteiger partial charge is 0.405 e. The van der Waals surface area contributed by atoms with Crippen LogP contribution in [0.25, 0.3) is 0 Å². The highest BCUT2D eigenvalue weighted by molar-refractivity contribution is 6.30. The summed E-state index contributed by atoms with van der Waals surface area (Å²) >= 11 is 5.66. The van der Waals surface area contributed by atoms with E-state index in [1.807, 2.05) is 0 Å². The summed E-state index contributed by atoms with van der Waals surface area (Å²) in [6, 6.07) is 3.72. The van der Waals surface area contributed by atoms with Crippen LogP contribution in [0.3, 0.4) is 0 Å². The minimum atomic E-state index is -1.25. The number of carbonyl (C=O) groups is 2. The van der Waals surface area contributed by atoms with Crippen molar-refractivity contribution in [2.45, 2.75) is 31.8 Å². The Kier molecular flexibility index (Phi) is 5.01. The number of benzene rings is 1. The lowest BCUT2D eigenvalue weighted by Gasteiger charge is -2.16. The van der Waals surface area contributed by atoms with Crippen molar-refractivity contribution in [1.29, 1.82) is 0 Å². The Morgan fingerprint density at radius 3 is 2.76 bits per heavy atom. The fraction of sp³-hybridized carbons (Fsp3) is 0.429. The maximum absolute atomic E-state index is 13.7. The molecule has 1 saturated carbocycles. The van der Waals surface area contributed by atoms with Gasteiger partial charge in [0.25, 0.3) is 0 Å². The number of hydrogen-bond acceptors (Lipinski definition) is 2. The SMILES string of the molecule is O=C(O)NC(CC1CC1)C(=O)NCc1cccc(Cl)c1F. The van der Waals surface area contributed by atoms with Crippen LogP contribution in [0.4, 0.5) is 9.18 Å². The Labute approximate surface area is 126 Å². The molecule has 5 nitrogen and oxygen atoms in total. The third-order valence-electron chi connectivity index (χ3n) is 3.36. The molecule has 0 aliphatic heterocycles. The van der Waals surface area contributed by atoms with E-state index in [2.05, 4.69) is 10.6 Å². The number of rotatable bonds is 6. The van der Waals surface area contributed by atoms with Gasteiger partial charge in [0.2, 0.25) is 5.91 Å². The number of carboxylic acid groups (broad SMARTS) is 1. The van der Waals surface area contributed by atoms with Crippen LogP contribution in [0.5, 0.6) is 0 Å². The quantitative estimate of drug-likeness (QED) is 0.755. The van der Waals surface area contributed by atoms with Gasteiger partial charge in [-0.05, 0) is 18.4 Å². The van der Waals surface area contributed by atoms with E-state index in [4.69, 9.17) is 16.7 Å². The zero-order chi connectivity index (χ0) is 15.4. The first-order chi connectivity index (χ1) is 9.97. The predicted molar refractivity (Wildman–Crippen MR) is 75.5 cm³/mol. The van der Waals surface area contributed by atoms with Crippen molar-refractivity contribution < 1.29 is 19.1 Å². The minimum Gasteiger partial charge on any atom is -0.465 e. The third-order valence-corrected chi connectivity index (χ3v) is 3.66. The van der Waals surface area contributed by atoms with E-state index in [1.165, 1.54) is 12.1 Å². The second-order valence-electron chi connectivity index (χ2n) is 5.11. The molecule has 1 fully saturated rings. The summed E-state index contributed by atoms with van der Waals surface area (Å²) in [6.07, 6.45) is 1.24. The molecule has 0 radical (unpaired) electrons. The second-order valence-corrected chi connectivity index (χ2v) is 5.52. The van der Waals surface area contributed by atoms with Gasteiger partial charge >= 0.3 is 6.09 Å². The van der Waals surface area contributed by atoms with E-state index in [0.717, 1.165) is 12.8 Å². The first kappa shape index (κ1) is 15.6. The van der Waals surface area contributed by atoms with Crippen LogP contribution in [0, 0.1) is 11.7 Å². The average molecular weight is 315 g/mol. The normalized spacial score (nSPS) is 15.3. The van der Waals surface area contributed by atoms with E-state index in [0.29, 0.717) is 12.3 Å². The molecule has 114 valence electrons. The van der Waals surface area contributed by atoms with E-state index in [-0.39, 0.29) is 17.1 Å². The van der Waals surface area contributed by atoms with Crippen LogP contribution in [-0.4, -0.2) is 23.1 Å². The van der Waals surface area contributed by atoms with Gasteiger partial charge in [-0.1, -0.05) is 36.6 Å². The van der Waals surface area contributed by atoms with Crippen molar-refractivity contribution in [3.63, 3.8) is 0 Å². The Bertz CT molecular complexity index is 549. The van der Waals surface area contributed by atoms with Gasteiger partial charge in [-0.15, -0.1) is 0 Å². The Hall–Kier alpha value is -1.82. The number of amides is 2. The van der Waals surface area contributed by atoms with Crippen molar-refractivity contribution in [3.05, 3.63) is 34.6 Å². The molecule has 0 saturated heterocycles. The van der Waals surface area contributed by atoms with Gasteiger partial charge in [-0.25, -0.2) is 9.18 Å². The van der Waals surface area contributed by atoms with Gasteiger partial charge in [0, 0.05) is 12.1 Å². The lowest BCUT2D eigenvalue weighted by molar-refractivity contribution is -0.123. The van der Waals surface area contributed by atoms with Crippen LogP contribution in [0.1, 0.15) is 24.8 Å². The van der Waals surface area contributed by atoms with Crippen molar-refractivity contribution in [1.82, 2.24) is 10.6 Å². The topological polar surface area (TPSA) is 78.4 Å². The number of carbonyl (C=O) groups excluding carboxylic acids is 1. The van der Waals surface area contributed by atoms with Crippen molar-refractivity contribution >= 4 is 23.6 Å². The average Bonchev–Trinajstić information content (AvgIpc) is 3.23. The van der Waals surface area contributed by atoms with Crippen LogP contribution >= 0.6 is 11.6 Å². The van der Waals surface area contributed by atoms with Crippen molar-refractivity contribution in [2.24, 2.45) is 5.92 Å². The highest BCUT2D eigenvalue weighted by Gasteiger charge is 2.30. The van der Waals surface area contributed by atoms with Crippen molar-refractivity contribution in [3.8, 4) is 0 Å². The molecule has 2 amide bonds. The largest absolute Gasteiger partial charge is 0.465 e. The molecule has 2 rings (SSSR count). The first-order valence-corrected chi connectivity index (χ1v) is 7.05. The van der Waals surface area contributed by atoms with Gasteiger partial charge in [0.1, 0.15) is 11.9 Å². The molecule has 1 aromatic rings. The van der Waals surface area contributed by atoms with Crippen LogP contribution in [0.15, 0.2) is 18.2 Å². The molecule has 1 unspecified atom stereocenters. The molecule has 0 aromatic heterocycles. The van der Waals surface area contributed by atoms with E-state index < -0.39 is 23.9 Å². The summed E-state index contributed by atoms with van der Waals surface area (Å²) in [4.78, 5) is 22.7. The molecule has 21 heavy (non-hydrogen) atoms. The molecule has 1 aliphatic rings. The maximum Gasteiger partial charge on any atom is 0.405 e. The molecule has 1 aliphatic carbocycles. The highest BCUT2D eigenvalue weighted by atomic mass is 35.5. The van der Waals surface area contributed by atoms with E-state index in [9.17, 15) is 14.0 Å². The highest BCUT2D eigenvalue weighted by Crippen LogP contribution is 2.33. The number of nitrogens with one attached hydrogen (secondary N) is 2. The fourth-order valence-electron chi connectivity index (χ4n) is 2.06. The third kappa shape index (κ3) is 4.60. The molecule has 7 heteroatoms. The Morgan fingerprint density at radius 1 is 1.43 bits per heavy atom. The summed E-state index contributed by atoms with van der Waals surface area (Å²) in [7, 11) is 0. The summed E-state index contributed by atoms with van der Waals surface area (Å²) < 4.78 is 13.7. The molecular formula is C14H16ClFN2O3. The molecule has 1 aromatic carbocycles. The lowest BCUT2D eigenvalue weighted by Crippen LogP contribution is -2.46. The Morgan fingerprint density at radius 2 is 2.14 bits per heavy atom. The zero-order valence-electron chi connectivity index (χ0n) is 11.2. The summed E-state index contributed by atoms with van der Waals surface area (Å²) in [6.45, 7) is -0.0340. The number of hydrogen-bond donors (Lipinski definition) is 3. The lowest BCUT2D eigenvalue weighted by atomic mass is 10.1. The molecule has 0 bridgehead atoms. The van der Waals surface area contributed by atoms with Gasteiger partial charge in [-0.3, -0.25) is 4.79 Å². The molecule has 1 atom stereocenters. The van der Waals surface area contributed by atoms with Gasteiger partial charge < -0.3 is 15.7 Å². The molecular weight excluding hydrogens is 299 g/mol. The monoisotopic (exact) mass is 314 g/mol. The van der Waals surface area contributed by atoms with Crippen LogP contribution < -0.4 is 10.6 Å².